The zero-order valence-corrected chi connectivity index (χ0v) is 19.9. The van der Waals surface area contributed by atoms with Crippen molar-refractivity contribution in [2.45, 2.75) is 13.0 Å². The topological polar surface area (TPSA) is 110 Å². The van der Waals surface area contributed by atoms with Crippen LogP contribution in [0, 0.1) is 0 Å². The molecule has 34 heavy (non-hydrogen) atoms. The zero-order valence-electron chi connectivity index (χ0n) is 19.1. The third-order valence-electron chi connectivity index (χ3n) is 5.34. The molecule has 1 aromatic carbocycles. The predicted octanol–water partition coefficient (Wildman–Crippen LogP) is 3.48. The van der Waals surface area contributed by atoms with Crippen molar-refractivity contribution in [3.8, 4) is 11.5 Å². The minimum absolute atomic E-state index is 0.0957. The zero-order chi connectivity index (χ0) is 24.1. The largest absolute Gasteiger partial charge is 0.454 e. The molecule has 178 valence electrons. The molecule has 0 saturated carbocycles. The molecule has 9 nitrogen and oxygen atoms in total. The number of urea groups is 1. The molecule has 0 atom stereocenters. The van der Waals surface area contributed by atoms with Crippen LogP contribution >= 0.6 is 11.3 Å². The Morgan fingerprint density at radius 2 is 1.94 bits per heavy atom. The van der Waals surface area contributed by atoms with Crippen molar-refractivity contribution < 1.29 is 19.1 Å². The van der Waals surface area contributed by atoms with Gasteiger partial charge in [0.15, 0.2) is 17.3 Å². The number of fused-ring (bicyclic) bond motifs is 1. The number of nitrogen functional groups attached to an aromatic ring is 1. The van der Waals surface area contributed by atoms with E-state index in [1.807, 2.05) is 35.8 Å². The van der Waals surface area contributed by atoms with E-state index >= 15 is 0 Å². The van der Waals surface area contributed by atoms with Crippen LogP contribution in [0.5, 0.6) is 11.5 Å². The molecule has 3 N–H and O–H groups in total. The first-order chi connectivity index (χ1) is 16.4. The van der Waals surface area contributed by atoms with E-state index in [1.54, 1.807) is 35.4 Å². The predicted molar refractivity (Wildman–Crippen MR) is 132 cm³/mol. The van der Waals surface area contributed by atoms with Gasteiger partial charge in [0.2, 0.25) is 6.79 Å². The van der Waals surface area contributed by atoms with E-state index in [-0.39, 0.29) is 25.0 Å². The average Bonchev–Trinajstić information content (AvgIpc) is 3.45. The molecule has 4 rings (SSSR count). The van der Waals surface area contributed by atoms with Crippen LogP contribution in [0.3, 0.4) is 0 Å². The monoisotopic (exact) mass is 481 g/mol. The molecule has 2 amide bonds. The number of likely N-dealkylation sites (N-methyl/N-ethyl adjacent to an activating group) is 1. The van der Waals surface area contributed by atoms with Gasteiger partial charge in [0, 0.05) is 55.1 Å². The molecule has 2 aromatic heterocycles. The molecule has 0 radical (unpaired) electrons. The number of anilines is 2. The van der Waals surface area contributed by atoms with Gasteiger partial charge in [0.1, 0.15) is 5.69 Å². The summed E-state index contributed by atoms with van der Waals surface area (Å²) < 4.78 is 10.7. The molecule has 3 heterocycles. The average molecular weight is 482 g/mol. The maximum Gasteiger partial charge on any atom is 0.322 e. The van der Waals surface area contributed by atoms with E-state index < -0.39 is 0 Å². The molecular weight excluding hydrogens is 454 g/mol. The lowest BCUT2D eigenvalue weighted by Gasteiger charge is -2.25. The first-order valence-corrected chi connectivity index (χ1v) is 11.7. The van der Waals surface area contributed by atoms with Crippen LogP contribution in [-0.2, 0) is 13.0 Å². The highest BCUT2D eigenvalue weighted by molar-refractivity contribution is 7.08. The normalized spacial score (nSPS) is 12.1. The number of thiophene rings is 1. The molecule has 0 unspecified atom stereocenters. The van der Waals surface area contributed by atoms with Gasteiger partial charge in [-0.1, -0.05) is 6.07 Å². The van der Waals surface area contributed by atoms with Crippen molar-refractivity contribution in [3.63, 3.8) is 0 Å². The highest BCUT2D eigenvalue weighted by Gasteiger charge is 2.18. The van der Waals surface area contributed by atoms with Gasteiger partial charge in [0.25, 0.3) is 0 Å². The number of pyridine rings is 1. The van der Waals surface area contributed by atoms with E-state index in [0.717, 1.165) is 11.1 Å². The number of nitrogens with two attached hydrogens (primary N) is 1. The summed E-state index contributed by atoms with van der Waals surface area (Å²) in [6.07, 6.45) is 1.86. The Hall–Kier alpha value is -3.63. The highest BCUT2D eigenvalue weighted by atomic mass is 32.1. The smallest absolute Gasteiger partial charge is 0.322 e. The van der Waals surface area contributed by atoms with Crippen molar-refractivity contribution in [3.05, 3.63) is 64.1 Å². The summed E-state index contributed by atoms with van der Waals surface area (Å²) >= 11 is 1.47. The third kappa shape index (κ3) is 5.83. The van der Waals surface area contributed by atoms with E-state index in [1.165, 1.54) is 11.3 Å². The Morgan fingerprint density at radius 3 is 2.65 bits per heavy atom. The number of benzene rings is 1. The Morgan fingerprint density at radius 1 is 1.12 bits per heavy atom. The minimum Gasteiger partial charge on any atom is -0.454 e. The molecule has 10 heteroatoms. The van der Waals surface area contributed by atoms with Gasteiger partial charge >= 0.3 is 6.03 Å². The summed E-state index contributed by atoms with van der Waals surface area (Å²) in [4.78, 5) is 33.7. The molecule has 0 aliphatic carbocycles. The van der Waals surface area contributed by atoms with Crippen LogP contribution in [0.4, 0.5) is 16.2 Å². The molecule has 0 bridgehead atoms. The third-order valence-corrected chi connectivity index (χ3v) is 6.15. The van der Waals surface area contributed by atoms with Gasteiger partial charge in [-0.25, -0.2) is 4.79 Å². The lowest BCUT2D eigenvalue weighted by molar-refractivity contribution is 0.0988. The van der Waals surface area contributed by atoms with Crippen LogP contribution in [0.25, 0.3) is 0 Å². The number of ether oxygens (including phenoxy) is 2. The molecule has 1 aliphatic heterocycles. The number of nitrogens with one attached hydrogen (secondary N) is 1. The number of amides is 2. The Labute approximate surface area is 202 Å². The van der Waals surface area contributed by atoms with Gasteiger partial charge in [-0.15, -0.1) is 11.3 Å². The van der Waals surface area contributed by atoms with Gasteiger partial charge in [-0.3, -0.25) is 9.78 Å². The SMILES string of the molecule is CN(C)CCN(Cc1ccc(C(=O)Cc2cscc2N)nc1)C(=O)Nc1ccc2c(c1)OCO2. The molecular formula is C24H27N5O4S. The van der Waals surface area contributed by atoms with E-state index in [9.17, 15) is 9.59 Å². The Bertz CT molecular complexity index is 1160. The number of nitrogens with zero attached hydrogens (tertiary/aromatic N) is 3. The quantitative estimate of drug-likeness (QED) is 0.450. The van der Waals surface area contributed by atoms with Crippen molar-refractivity contribution in [1.82, 2.24) is 14.8 Å². The molecule has 0 spiro atoms. The van der Waals surface area contributed by atoms with Crippen molar-refractivity contribution in [1.29, 1.82) is 0 Å². The second-order valence-electron chi connectivity index (χ2n) is 8.23. The number of hydrogen-bond donors (Lipinski definition) is 2. The number of hydrogen-bond acceptors (Lipinski definition) is 8. The molecule has 0 saturated heterocycles. The van der Waals surface area contributed by atoms with Crippen LogP contribution < -0.4 is 20.5 Å². The maximum atomic E-state index is 13.1. The second kappa shape index (κ2) is 10.5. The summed E-state index contributed by atoms with van der Waals surface area (Å²) in [5, 5.41) is 6.62. The first kappa shape index (κ1) is 23.5. The lowest BCUT2D eigenvalue weighted by Crippen LogP contribution is -2.39. The molecule has 0 fully saturated rings. The second-order valence-corrected chi connectivity index (χ2v) is 8.97. The fourth-order valence-corrected chi connectivity index (χ4v) is 4.14. The summed E-state index contributed by atoms with van der Waals surface area (Å²) in [5.41, 5.74) is 9.14. The van der Waals surface area contributed by atoms with Crippen LogP contribution in [0.1, 0.15) is 21.6 Å². The first-order valence-electron chi connectivity index (χ1n) is 10.8. The fraction of sp³-hybridized carbons (Fsp3) is 0.292. The minimum atomic E-state index is -0.242. The van der Waals surface area contributed by atoms with Crippen LogP contribution in [0.15, 0.2) is 47.3 Å². The maximum absolute atomic E-state index is 13.1. The van der Waals surface area contributed by atoms with Crippen LogP contribution in [0.2, 0.25) is 0 Å². The number of carbonyl (C=O) groups excluding carboxylic acids is 2. The van der Waals surface area contributed by atoms with E-state index in [4.69, 9.17) is 15.2 Å². The van der Waals surface area contributed by atoms with E-state index in [0.29, 0.717) is 48.2 Å². The van der Waals surface area contributed by atoms with Gasteiger partial charge in [0.05, 0.1) is 0 Å². The van der Waals surface area contributed by atoms with Gasteiger partial charge < -0.3 is 30.3 Å². The summed E-state index contributed by atoms with van der Waals surface area (Å²) in [6.45, 7) is 1.74. The van der Waals surface area contributed by atoms with Gasteiger partial charge in [-0.05, 0) is 48.8 Å². The van der Waals surface area contributed by atoms with E-state index in [2.05, 4.69) is 10.3 Å². The summed E-state index contributed by atoms with van der Waals surface area (Å²) in [7, 11) is 3.91. The number of carbonyl (C=O) groups is 2. The summed E-state index contributed by atoms with van der Waals surface area (Å²) in [5.74, 6) is 1.16. The summed E-state index contributed by atoms with van der Waals surface area (Å²) in [6, 6.07) is 8.57. The van der Waals surface area contributed by atoms with Crippen molar-refractivity contribution in [2.75, 3.05) is 45.0 Å². The number of aromatic nitrogens is 1. The molecule has 1 aliphatic rings. The molecule has 3 aromatic rings. The number of Topliss-reactive ketones (excluding diaryl/α,β-unsaturated/α-hetero) is 1. The Balaban J connectivity index is 1.42. The van der Waals surface area contributed by atoms with Crippen molar-refractivity contribution >= 4 is 34.5 Å². The highest BCUT2D eigenvalue weighted by Crippen LogP contribution is 2.34. The number of rotatable bonds is 9. The Kier molecular flexibility index (Phi) is 7.29. The lowest BCUT2D eigenvalue weighted by atomic mass is 10.1. The fourth-order valence-electron chi connectivity index (χ4n) is 3.39. The van der Waals surface area contributed by atoms with Crippen LogP contribution in [-0.4, -0.2) is 60.6 Å². The van der Waals surface area contributed by atoms with Gasteiger partial charge in [-0.2, -0.15) is 0 Å². The standard InChI is InChI=1S/C24H27N5O4S/c1-28(2)7-8-29(24(31)27-18-4-6-22-23(10-18)33-15-32-22)12-16-3-5-20(26-11-16)21(30)9-17-13-34-14-19(17)25/h3-6,10-11,13-14H,7-9,12,15,25H2,1-2H3,(H,27,31). The number of ketones is 1. The van der Waals surface area contributed by atoms with Crippen molar-refractivity contribution in [2.24, 2.45) is 0 Å².